The van der Waals surface area contributed by atoms with E-state index in [0.717, 1.165) is 11.0 Å². The minimum atomic E-state index is -1.06. The lowest BCUT2D eigenvalue weighted by atomic mass is 10.1. The van der Waals surface area contributed by atoms with Crippen LogP contribution in [0.1, 0.15) is 21.5 Å². The summed E-state index contributed by atoms with van der Waals surface area (Å²) in [6.45, 7) is -0.522. The minimum absolute atomic E-state index is 0.0210. The third-order valence-corrected chi connectivity index (χ3v) is 6.58. The van der Waals surface area contributed by atoms with Crippen LogP contribution in [0.25, 0.3) is 6.08 Å². The zero-order valence-electron chi connectivity index (χ0n) is 20.3. The standard InChI is InChI=1S/C27H20ClFN2O7S/c1-37-21-10-16(9-20(28)24(21)38-14-15-4-2-5-17(8-15)26(34)35)11-22-25(33)31(27(36)39-22)13-23(32)30-19-7-3-6-18(29)12-19/h2-12H,13-14H2,1H3,(H,30,32)(H,34,35)/b22-11+. The lowest BCUT2D eigenvalue weighted by Crippen LogP contribution is -2.36. The fourth-order valence-corrected chi connectivity index (χ4v) is 4.72. The maximum absolute atomic E-state index is 13.3. The molecule has 0 aromatic heterocycles. The van der Waals surface area contributed by atoms with Gasteiger partial charge in [0.15, 0.2) is 11.5 Å². The number of nitrogens with one attached hydrogen (secondary N) is 1. The first-order valence-electron chi connectivity index (χ1n) is 11.3. The van der Waals surface area contributed by atoms with E-state index in [1.54, 1.807) is 18.2 Å². The van der Waals surface area contributed by atoms with Crippen molar-refractivity contribution in [2.75, 3.05) is 19.0 Å². The van der Waals surface area contributed by atoms with Gasteiger partial charge in [0, 0.05) is 5.69 Å². The second kappa shape index (κ2) is 12.0. The molecule has 1 fully saturated rings. The van der Waals surface area contributed by atoms with Crippen LogP contribution >= 0.6 is 23.4 Å². The molecule has 1 aliphatic rings. The predicted molar refractivity (Wildman–Crippen MR) is 143 cm³/mol. The van der Waals surface area contributed by atoms with E-state index in [4.69, 9.17) is 26.2 Å². The number of methoxy groups -OCH3 is 1. The van der Waals surface area contributed by atoms with Gasteiger partial charge in [-0.05, 0) is 71.4 Å². The highest BCUT2D eigenvalue weighted by Crippen LogP contribution is 2.39. The number of carbonyl (C=O) groups excluding carboxylic acids is 3. The Morgan fingerprint density at radius 2 is 1.90 bits per heavy atom. The third-order valence-electron chi connectivity index (χ3n) is 5.39. The van der Waals surface area contributed by atoms with Crippen molar-refractivity contribution in [3.05, 3.63) is 93.1 Å². The number of benzene rings is 3. The monoisotopic (exact) mass is 570 g/mol. The van der Waals surface area contributed by atoms with Crippen molar-refractivity contribution < 1.29 is 38.1 Å². The van der Waals surface area contributed by atoms with E-state index in [1.165, 1.54) is 49.6 Å². The van der Waals surface area contributed by atoms with E-state index in [9.17, 15) is 23.6 Å². The lowest BCUT2D eigenvalue weighted by molar-refractivity contribution is -0.127. The van der Waals surface area contributed by atoms with Gasteiger partial charge in [0.2, 0.25) is 5.91 Å². The van der Waals surface area contributed by atoms with Crippen molar-refractivity contribution in [2.45, 2.75) is 6.61 Å². The summed E-state index contributed by atoms with van der Waals surface area (Å²) < 4.78 is 24.5. The topological polar surface area (TPSA) is 122 Å². The van der Waals surface area contributed by atoms with E-state index < -0.39 is 35.4 Å². The first-order chi connectivity index (χ1) is 18.6. The lowest BCUT2D eigenvalue weighted by Gasteiger charge is -2.14. The number of imide groups is 1. The van der Waals surface area contributed by atoms with Crippen molar-refractivity contribution >= 4 is 58.1 Å². The fourth-order valence-electron chi connectivity index (χ4n) is 3.61. The van der Waals surface area contributed by atoms with Gasteiger partial charge >= 0.3 is 5.97 Å². The predicted octanol–water partition coefficient (Wildman–Crippen LogP) is 5.44. The van der Waals surface area contributed by atoms with Crippen LogP contribution < -0.4 is 14.8 Å². The van der Waals surface area contributed by atoms with Crippen molar-refractivity contribution in [2.24, 2.45) is 0 Å². The van der Waals surface area contributed by atoms with Crippen LogP contribution in [0, 0.1) is 5.82 Å². The van der Waals surface area contributed by atoms with Crippen LogP contribution in [0.4, 0.5) is 14.9 Å². The summed E-state index contributed by atoms with van der Waals surface area (Å²) >= 11 is 7.08. The van der Waals surface area contributed by atoms with E-state index in [-0.39, 0.29) is 39.3 Å². The van der Waals surface area contributed by atoms with Gasteiger partial charge in [0.25, 0.3) is 11.1 Å². The summed E-state index contributed by atoms with van der Waals surface area (Å²) in [5.74, 6) is -2.48. The molecule has 12 heteroatoms. The molecule has 0 aliphatic carbocycles. The van der Waals surface area contributed by atoms with E-state index >= 15 is 0 Å². The van der Waals surface area contributed by atoms with Crippen LogP contribution in [0.15, 0.2) is 65.6 Å². The van der Waals surface area contributed by atoms with Crippen LogP contribution in [-0.2, 0) is 16.2 Å². The van der Waals surface area contributed by atoms with Gasteiger partial charge in [-0.2, -0.15) is 0 Å². The van der Waals surface area contributed by atoms with Gasteiger partial charge in [-0.15, -0.1) is 0 Å². The molecule has 0 spiro atoms. The number of nitrogens with zero attached hydrogens (tertiary/aromatic N) is 1. The average molecular weight is 571 g/mol. The maximum Gasteiger partial charge on any atom is 0.335 e. The van der Waals surface area contributed by atoms with Crippen LogP contribution in [-0.4, -0.2) is 46.7 Å². The molecule has 0 radical (unpaired) electrons. The summed E-state index contributed by atoms with van der Waals surface area (Å²) in [7, 11) is 1.40. The molecule has 200 valence electrons. The highest BCUT2D eigenvalue weighted by Gasteiger charge is 2.36. The number of hydrogen-bond donors (Lipinski definition) is 2. The molecule has 9 nitrogen and oxygen atoms in total. The molecule has 1 saturated heterocycles. The Morgan fingerprint density at radius 1 is 1.13 bits per heavy atom. The number of amides is 3. The number of carboxylic acid groups (broad SMARTS) is 1. The minimum Gasteiger partial charge on any atom is -0.493 e. The summed E-state index contributed by atoms with van der Waals surface area (Å²) in [5, 5.41) is 11.1. The molecule has 2 N–H and O–H groups in total. The average Bonchev–Trinajstić information content (AvgIpc) is 3.15. The Kier molecular flexibility index (Phi) is 8.52. The maximum atomic E-state index is 13.3. The number of carbonyl (C=O) groups is 4. The summed E-state index contributed by atoms with van der Waals surface area (Å²) in [4.78, 5) is 49.7. The van der Waals surface area contributed by atoms with Crippen molar-refractivity contribution in [1.82, 2.24) is 4.90 Å². The van der Waals surface area contributed by atoms with Gasteiger partial charge in [-0.1, -0.05) is 29.8 Å². The Morgan fingerprint density at radius 3 is 2.62 bits per heavy atom. The smallest absolute Gasteiger partial charge is 0.335 e. The van der Waals surface area contributed by atoms with E-state index in [0.29, 0.717) is 22.9 Å². The Balaban J connectivity index is 1.47. The van der Waals surface area contributed by atoms with E-state index in [2.05, 4.69) is 5.32 Å². The van der Waals surface area contributed by atoms with Crippen molar-refractivity contribution in [3.8, 4) is 11.5 Å². The molecular weight excluding hydrogens is 551 g/mol. The number of rotatable bonds is 9. The summed E-state index contributed by atoms with van der Waals surface area (Å²) in [6.07, 6.45) is 1.43. The van der Waals surface area contributed by atoms with Gasteiger partial charge in [-0.25, -0.2) is 9.18 Å². The molecule has 3 amide bonds. The van der Waals surface area contributed by atoms with Crippen LogP contribution in [0.3, 0.4) is 0 Å². The number of anilines is 1. The molecule has 0 saturated carbocycles. The summed E-state index contributed by atoms with van der Waals surface area (Å²) in [6, 6.07) is 14.5. The largest absolute Gasteiger partial charge is 0.493 e. The molecule has 39 heavy (non-hydrogen) atoms. The highest BCUT2D eigenvalue weighted by molar-refractivity contribution is 8.18. The van der Waals surface area contributed by atoms with Gasteiger partial charge < -0.3 is 19.9 Å². The molecular formula is C27H20ClFN2O7S. The normalized spacial score (nSPS) is 14.0. The molecule has 0 atom stereocenters. The SMILES string of the molecule is COc1cc(/C=C2/SC(=O)N(CC(=O)Nc3cccc(F)c3)C2=O)cc(Cl)c1OCc1cccc(C(=O)O)c1. The third kappa shape index (κ3) is 6.75. The van der Waals surface area contributed by atoms with Crippen molar-refractivity contribution in [3.63, 3.8) is 0 Å². The quantitative estimate of drug-likeness (QED) is 0.326. The molecule has 0 unspecified atom stereocenters. The zero-order chi connectivity index (χ0) is 28.1. The Bertz CT molecular complexity index is 1510. The number of hydrogen-bond acceptors (Lipinski definition) is 7. The molecule has 3 aromatic rings. The number of aromatic carboxylic acids is 1. The number of halogens is 2. The van der Waals surface area contributed by atoms with Gasteiger partial charge in [0.1, 0.15) is 19.0 Å². The summed E-state index contributed by atoms with van der Waals surface area (Å²) in [5.41, 5.74) is 1.35. The molecule has 0 bridgehead atoms. The Labute approximate surface area is 231 Å². The zero-order valence-corrected chi connectivity index (χ0v) is 21.8. The van der Waals surface area contributed by atoms with Crippen molar-refractivity contribution in [1.29, 1.82) is 0 Å². The molecule has 4 rings (SSSR count). The van der Waals surface area contributed by atoms with Gasteiger partial charge in [0.05, 0.1) is 22.6 Å². The number of ether oxygens (including phenoxy) is 2. The van der Waals surface area contributed by atoms with Gasteiger partial charge in [-0.3, -0.25) is 19.3 Å². The van der Waals surface area contributed by atoms with Crippen LogP contribution in [0.5, 0.6) is 11.5 Å². The highest BCUT2D eigenvalue weighted by atomic mass is 35.5. The second-order valence-electron chi connectivity index (χ2n) is 8.15. The Hall–Kier alpha value is -4.35. The molecule has 1 heterocycles. The fraction of sp³-hybridized carbons (Fsp3) is 0.111. The second-order valence-corrected chi connectivity index (χ2v) is 9.56. The molecule has 3 aromatic carbocycles. The van der Waals surface area contributed by atoms with E-state index in [1.807, 2.05) is 0 Å². The number of thioether (sulfide) groups is 1. The van der Waals surface area contributed by atoms with Crippen LogP contribution in [0.2, 0.25) is 5.02 Å². The first-order valence-corrected chi connectivity index (χ1v) is 12.5. The first kappa shape index (κ1) is 27.7. The number of carboxylic acids is 1. The molecule has 1 aliphatic heterocycles.